The third-order valence-corrected chi connectivity index (χ3v) is 5.89. The number of hydrogen-bond acceptors (Lipinski definition) is 5. The molecule has 8 nitrogen and oxygen atoms in total. The van der Waals surface area contributed by atoms with Gasteiger partial charge in [0, 0.05) is 35.6 Å². The summed E-state index contributed by atoms with van der Waals surface area (Å²) in [5.74, 6) is 0.214. The maximum Gasteiger partial charge on any atom is 0.253 e. The maximum atomic E-state index is 12.7. The van der Waals surface area contributed by atoms with Gasteiger partial charge < -0.3 is 25.3 Å². The van der Waals surface area contributed by atoms with Crippen molar-refractivity contribution in [2.24, 2.45) is 0 Å². The van der Waals surface area contributed by atoms with Gasteiger partial charge in [-0.3, -0.25) is 14.4 Å². The molecule has 1 saturated heterocycles. The first-order valence-corrected chi connectivity index (χ1v) is 11.9. The second-order valence-corrected chi connectivity index (χ2v) is 8.53. The zero-order valence-electron chi connectivity index (χ0n) is 19.6. The molecule has 0 atom stereocenters. The highest BCUT2D eigenvalue weighted by Crippen LogP contribution is 2.16. The topological polar surface area (TPSA) is 104 Å². The van der Waals surface area contributed by atoms with Gasteiger partial charge in [0.2, 0.25) is 5.91 Å². The smallest absolute Gasteiger partial charge is 0.253 e. The first-order valence-electron chi connectivity index (χ1n) is 11.9. The van der Waals surface area contributed by atoms with Crippen molar-refractivity contribution in [1.29, 1.82) is 0 Å². The number of carbonyl (C=O) groups is 3. The van der Waals surface area contributed by atoms with Crippen molar-refractivity contribution in [2.45, 2.75) is 32.2 Å². The summed E-state index contributed by atoms with van der Waals surface area (Å²) in [6.07, 6.45) is 6.02. The Hall–Kier alpha value is -4.07. The Kier molecular flexibility index (Phi) is 8.17. The Balaban J connectivity index is 1.25. The van der Waals surface area contributed by atoms with Gasteiger partial charge in [0.1, 0.15) is 5.76 Å². The quantitative estimate of drug-likeness (QED) is 0.452. The SMILES string of the molecule is O=C(CNc1ccc(C(=O)N2CCCCCC2)cc1)Nc1cccc(C(=O)NCc2ccco2)c1. The lowest BCUT2D eigenvalue weighted by atomic mass is 10.1. The lowest BCUT2D eigenvalue weighted by Crippen LogP contribution is -2.31. The van der Waals surface area contributed by atoms with Crippen LogP contribution in [0, 0.1) is 0 Å². The van der Waals surface area contributed by atoms with Crippen molar-refractivity contribution in [2.75, 3.05) is 30.3 Å². The van der Waals surface area contributed by atoms with E-state index in [0.29, 0.717) is 22.6 Å². The van der Waals surface area contributed by atoms with Gasteiger partial charge in [-0.15, -0.1) is 0 Å². The van der Waals surface area contributed by atoms with Crippen molar-refractivity contribution < 1.29 is 18.8 Å². The molecule has 2 aromatic carbocycles. The zero-order chi connectivity index (χ0) is 24.5. The summed E-state index contributed by atoms with van der Waals surface area (Å²) in [5.41, 5.74) is 2.37. The van der Waals surface area contributed by atoms with Gasteiger partial charge in [-0.1, -0.05) is 18.9 Å². The summed E-state index contributed by atoms with van der Waals surface area (Å²) >= 11 is 0. The van der Waals surface area contributed by atoms with Crippen molar-refractivity contribution in [3.05, 3.63) is 83.8 Å². The van der Waals surface area contributed by atoms with E-state index in [4.69, 9.17) is 4.42 Å². The number of nitrogens with zero attached hydrogens (tertiary/aromatic N) is 1. The number of rotatable bonds is 8. The largest absolute Gasteiger partial charge is 0.467 e. The zero-order valence-corrected chi connectivity index (χ0v) is 19.6. The number of benzene rings is 2. The minimum absolute atomic E-state index is 0.0499. The lowest BCUT2D eigenvalue weighted by molar-refractivity contribution is -0.114. The molecule has 1 aliphatic heterocycles. The molecular weight excluding hydrogens is 444 g/mol. The van der Waals surface area contributed by atoms with E-state index in [1.165, 1.54) is 12.8 Å². The summed E-state index contributed by atoms with van der Waals surface area (Å²) in [6, 6.07) is 17.5. The summed E-state index contributed by atoms with van der Waals surface area (Å²) in [5, 5.41) is 8.64. The highest BCUT2D eigenvalue weighted by Gasteiger charge is 2.17. The predicted octanol–water partition coefficient (Wildman–Crippen LogP) is 4.28. The average molecular weight is 475 g/mol. The van der Waals surface area contributed by atoms with Crippen LogP contribution in [0.15, 0.2) is 71.3 Å². The maximum absolute atomic E-state index is 12.7. The predicted molar refractivity (Wildman–Crippen MR) is 134 cm³/mol. The van der Waals surface area contributed by atoms with Crippen LogP contribution in [0.2, 0.25) is 0 Å². The summed E-state index contributed by atoms with van der Waals surface area (Å²) < 4.78 is 5.21. The second-order valence-electron chi connectivity index (χ2n) is 8.53. The average Bonchev–Trinajstić information content (AvgIpc) is 3.26. The van der Waals surface area contributed by atoms with E-state index >= 15 is 0 Å². The lowest BCUT2D eigenvalue weighted by Gasteiger charge is -2.20. The van der Waals surface area contributed by atoms with E-state index in [9.17, 15) is 14.4 Å². The molecule has 1 aliphatic rings. The molecule has 3 N–H and O–H groups in total. The van der Waals surface area contributed by atoms with Gasteiger partial charge in [-0.25, -0.2) is 0 Å². The molecular formula is C27H30N4O4. The molecule has 1 aromatic heterocycles. The molecule has 0 aliphatic carbocycles. The van der Waals surface area contributed by atoms with Crippen LogP contribution < -0.4 is 16.0 Å². The fourth-order valence-electron chi connectivity index (χ4n) is 4.00. The van der Waals surface area contributed by atoms with Crippen LogP contribution in [0.3, 0.4) is 0 Å². The van der Waals surface area contributed by atoms with Crippen molar-refractivity contribution in [1.82, 2.24) is 10.2 Å². The summed E-state index contributed by atoms with van der Waals surface area (Å²) in [6.45, 7) is 1.96. The molecule has 0 saturated carbocycles. The normalized spacial score (nSPS) is 13.5. The van der Waals surface area contributed by atoms with Crippen molar-refractivity contribution in [3.63, 3.8) is 0 Å². The molecule has 0 bridgehead atoms. The highest BCUT2D eigenvalue weighted by atomic mass is 16.3. The van der Waals surface area contributed by atoms with Gasteiger partial charge in [-0.05, 0) is 67.4 Å². The van der Waals surface area contributed by atoms with E-state index in [1.807, 2.05) is 17.0 Å². The Labute approximate surface area is 204 Å². The number of carbonyl (C=O) groups excluding carboxylic acids is 3. The third-order valence-electron chi connectivity index (χ3n) is 5.89. The molecule has 0 spiro atoms. The molecule has 2 heterocycles. The third kappa shape index (κ3) is 6.96. The molecule has 1 fully saturated rings. The number of anilines is 2. The Morgan fingerprint density at radius 1 is 0.829 bits per heavy atom. The Bertz CT molecular complexity index is 1130. The van der Waals surface area contributed by atoms with Crippen LogP contribution in [0.1, 0.15) is 52.2 Å². The van der Waals surface area contributed by atoms with E-state index in [2.05, 4.69) is 16.0 Å². The van der Waals surface area contributed by atoms with Gasteiger partial charge >= 0.3 is 0 Å². The number of amides is 3. The van der Waals surface area contributed by atoms with E-state index in [0.717, 1.165) is 31.6 Å². The van der Waals surface area contributed by atoms with Crippen molar-refractivity contribution >= 4 is 29.1 Å². The molecule has 3 amide bonds. The number of likely N-dealkylation sites (tertiary alicyclic amines) is 1. The first-order chi connectivity index (χ1) is 17.1. The van der Waals surface area contributed by atoms with Crippen LogP contribution in [-0.4, -0.2) is 42.3 Å². The van der Waals surface area contributed by atoms with E-state index in [-0.39, 0.29) is 30.8 Å². The number of nitrogens with one attached hydrogen (secondary N) is 3. The van der Waals surface area contributed by atoms with Gasteiger partial charge in [0.15, 0.2) is 0 Å². The fraction of sp³-hybridized carbons (Fsp3) is 0.296. The Morgan fingerprint density at radius 3 is 2.31 bits per heavy atom. The molecule has 4 rings (SSSR count). The summed E-state index contributed by atoms with van der Waals surface area (Å²) in [7, 11) is 0. The van der Waals surface area contributed by atoms with Crippen LogP contribution in [0.25, 0.3) is 0 Å². The van der Waals surface area contributed by atoms with E-state index < -0.39 is 0 Å². The van der Waals surface area contributed by atoms with Crippen LogP contribution in [-0.2, 0) is 11.3 Å². The van der Waals surface area contributed by atoms with Gasteiger partial charge in [-0.2, -0.15) is 0 Å². The standard InChI is InChI=1S/C27H30N4O4/c32-25(30-23-8-5-7-21(17-23)26(33)29-18-24-9-6-16-35-24)19-28-22-12-10-20(11-13-22)27(34)31-14-3-1-2-4-15-31/h5-13,16-17,28H,1-4,14-15,18-19H2,(H,29,33)(H,30,32). The van der Waals surface area contributed by atoms with Crippen LogP contribution in [0.5, 0.6) is 0 Å². The van der Waals surface area contributed by atoms with Gasteiger partial charge in [0.05, 0.1) is 19.4 Å². The monoisotopic (exact) mass is 474 g/mol. The van der Waals surface area contributed by atoms with Crippen LogP contribution in [0.4, 0.5) is 11.4 Å². The molecule has 0 unspecified atom stereocenters. The molecule has 35 heavy (non-hydrogen) atoms. The second kappa shape index (κ2) is 11.9. The molecule has 182 valence electrons. The highest BCUT2D eigenvalue weighted by molar-refractivity contribution is 5.98. The molecule has 3 aromatic rings. The van der Waals surface area contributed by atoms with Crippen LogP contribution >= 0.6 is 0 Å². The number of hydrogen-bond donors (Lipinski definition) is 3. The molecule has 8 heteroatoms. The van der Waals surface area contributed by atoms with E-state index in [1.54, 1.807) is 54.8 Å². The van der Waals surface area contributed by atoms with Gasteiger partial charge in [0.25, 0.3) is 11.8 Å². The first kappa shape index (κ1) is 24.1. The number of furan rings is 1. The van der Waals surface area contributed by atoms with Crippen molar-refractivity contribution in [3.8, 4) is 0 Å². The fourth-order valence-corrected chi connectivity index (χ4v) is 4.00. The Morgan fingerprint density at radius 2 is 1.60 bits per heavy atom. The minimum atomic E-state index is -0.259. The minimum Gasteiger partial charge on any atom is -0.467 e. The molecule has 0 radical (unpaired) electrons. The summed E-state index contributed by atoms with van der Waals surface area (Å²) in [4.78, 5) is 39.4.